The monoisotopic (exact) mass is 425 g/mol. The first-order chi connectivity index (χ1) is 15.4. The van der Waals surface area contributed by atoms with Gasteiger partial charge >= 0.3 is 5.97 Å². The minimum absolute atomic E-state index is 0.235. The topological polar surface area (TPSA) is 46.6 Å². The Bertz CT molecular complexity index is 1110. The van der Waals surface area contributed by atoms with Gasteiger partial charge in [0.25, 0.3) is 0 Å². The van der Waals surface area contributed by atoms with Gasteiger partial charge in [-0.15, -0.1) is 0 Å². The molecule has 0 unspecified atom stereocenters. The Kier molecular flexibility index (Phi) is 5.95. The number of anilines is 1. The van der Waals surface area contributed by atoms with Crippen LogP contribution in [0.25, 0.3) is 0 Å². The molecule has 0 amide bonds. The molecule has 1 aliphatic rings. The van der Waals surface area contributed by atoms with Crippen molar-refractivity contribution >= 4 is 17.4 Å². The molecule has 3 aromatic rings. The van der Waals surface area contributed by atoms with Crippen molar-refractivity contribution in [1.82, 2.24) is 0 Å². The molecule has 0 saturated heterocycles. The van der Waals surface area contributed by atoms with Crippen molar-refractivity contribution in [3.63, 3.8) is 0 Å². The molecule has 3 aromatic carbocycles. The molecule has 0 radical (unpaired) electrons. The van der Waals surface area contributed by atoms with Gasteiger partial charge in [-0.1, -0.05) is 92.7 Å². The van der Waals surface area contributed by atoms with Crippen LogP contribution in [0.5, 0.6) is 0 Å². The molecule has 4 heteroatoms. The number of hydrogen-bond donors (Lipinski definition) is 0. The average Bonchev–Trinajstić information content (AvgIpc) is 3.00. The zero-order valence-corrected chi connectivity index (χ0v) is 18.6. The molecule has 0 aromatic heterocycles. The molecule has 162 valence electrons. The summed E-state index contributed by atoms with van der Waals surface area (Å²) >= 11 is 0. The highest BCUT2D eigenvalue weighted by atomic mass is 16.5. The number of carbonyl (C=O) groups excluding carboxylic acids is 2. The number of benzene rings is 3. The number of ketones is 1. The number of esters is 1. The lowest BCUT2D eigenvalue weighted by Crippen LogP contribution is -2.25. The molecule has 0 atom stereocenters. The smallest absolute Gasteiger partial charge is 0.318 e. The van der Waals surface area contributed by atoms with Crippen LogP contribution in [-0.4, -0.2) is 25.4 Å². The number of fused-ring (bicyclic) bond motifs is 1. The van der Waals surface area contributed by atoms with Crippen molar-refractivity contribution < 1.29 is 14.3 Å². The summed E-state index contributed by atoms with van der Waals surface area (Å²) in [5.74, 6) is -1.25. The van der Waals surface area contributed by atoms with Gasteiger partial charge < -0.3 is 9.64 Å². The van der Waals surface area contributed by atoms with E-state index in [1.54, 1.807) is 6.08 Å². The van der Waals surface area contributed by atoms with Gasteiger partial charge in [0, 0.05) is 29.9 Å². The third-order valence-electron chi connectivity index (χ3n) is 6.10. The van der Waals surface area contributed by atoms with Gasteiger partial charge in [0.2, 0.25) is 0 Å². The summed E-state index contributed by atoms with van der Waals surface area (Å²) in [5, 5.41) is 0. The number of rotatable bonds is 6. The third kappa shape index (κ3) is 4.09. The van der Waals surface area contributed by atoms with Crippen LogP contribution in [0.15, 0.2) is 96.7 Å². The zero-order chi connectivity index (χ0) is 22.7. The standard InChI is InChI=1S/C28H27NO3/c1-28(2)23-16-10-11-17-24(23)29(3)25(28)18-22(30)19-32-27(31)26(20-12-6-4-7-13-20)21-14-8-5-9-15-21/h4-18,26H,19H2,1-3H3/b25-18+. The molecular weight excluding hydrogens is 398 g/mol. The molecule has 4 nitrogen and oxygen atoms in total. The van der Waals surface area contributed by atoms with Gasteiger partial charge in [0.1, 0.15) is 5.92 Å². The van der Waals surface area contributed by atoms with Crippen LogP contribution < -0.4 is 4.90 Å². The molecular formula is C28H27NO3. The summed E-state index contributed by atoms with van der Waals surface area (Å²) in [6.07, 6.45) is 1.60. The van der Waals surface area contributed by atoms with Crippen LogP contribution in [0.4, 0.5) is 5.69 Å². The van der Waals surface area contributed by atoms with E-state index in [9.17, 15) is 9.59 Å². The van der Waals surface area contributed by atoms with Gasteiger partial charge in [-0.3, -0.25) is 9.59 Å². The number of likely N-dealkylation sites (N-methyl/N-ethyl adjacent to an activating group) is 1. The van der Waals surface area contributed by atoms with Crippen molar-refractivity contribution in [2.24, 2.45) is 0 Å². The third-order valence-corrected chi connectivity index (χ3v) is 6.10. The Balaban J connectivity index is 1.51. The lowest BCUT2D eigenvalue weighted by Gasteiger charge is -2.24. The van der Waals surface area contributed by atoms with Gasteiger partial charge in [-0.25, -0.2) is 0 Å². The maximum absolute atomic E-state index is 13.1. The quantitative estimate of drug-likeness (QED) is 0.400. The van der Waals surface area contributed by atoms with Gasteiger partial charge in [-0.2, -0.15) is 0 Å². The van der Waals surface area contributed by atoms with E-state index in [2.05, 4.69) is 19.9 Å². The van der Waals surface area contributed by atoms with Crippen LogP contribution >= 0.6 is 0 Å². The lowest BCUT2D eigenvalue weighted by molar-refractivity contribution is -0.147. The number of hydrogen-bond acceptors (Lipinski definition) is 4. The Labute approximate surface area is 189 Å². The maximum Gasteiger partial charge on any atom is 0.318 e. The van der Waals surface area contributed by atoms with Crippen molar-refractivity contribution in [2.45, 2.75) is 25.2 Å². The highest BCUT2D eigenvalue weighted by Gasteiger charge is 2.38. The predicted molar refractivity (Wildman–Crippen MR) is 127 cm³/mol. The molecule has 1 heterocycles. The Morgan fingerprint density at radius 2 is 1.41 bits per heavy atom. The SMILES string of the molecule is CN1/C(=C/C(=O)COC(=O)C(c2ccccc2)c2ccccc2)C(C)(C)c2ccccc21. The minimum atomic E-state index is -0.576. The first kappa shape index (κ1) is 21.6. The van der Waals surface area contributed by atoms with Crippen LogP contribution in [0.1, 0.15) is 36.5 Å². The van der Waals surface area contributed by atoms with E-state index in [1.165, 1.54) is 5.56 Å². The van der Waals surface area contributed by atoms with Crippen molar-refractivity contribution in [3.8, 4) is 0 Å². The highest BCUT2D eigenvalue weighted by molar-refractivity contribution is 5.95. The van der Waals surface area contributed by atoms with Crippen LogP contribution in [0.2, 0.25) is 0 Å². The van der Waals surface area contributed by atoms with Gasteiger partial charge in [0.15, 0.2) is 12.4 Å². The fourth-order valence-electron chi connectivity index (χ4n) is 4.43. The highest BCUT2D eigenvalue weighted by Crippen LogP contribution is 2.46. The first-order valence-corrected chi connectivity index (χ1v) is 10.7. The van der Waals surface area contributed by atoms with E-state index in [-0.39, 0.29) is 17.8 Å². The summed E-state index contributed by atoms with van der Waals surface area (Å²) in [6.45, 7) is 3.90. The average molecular weight is 426 g/mol. The van der Waals surface area contributed by atoms with Crippen LogP contribution in [0, 0.1) is 0 Å². The predicted octanol–water partition coefficient (Wildman–Crippen LogP) is 5.24. The first-order valence-electron chi connectivity index (χ1n) is 10.7. The number of allylic oxidation sites excluding steroid dienone is 1. The molecule has 32 heavy (non-hydrogen) atoms. The molecule has 0 spiro atoms. The summed E-state index contributed by atoms with van der Waals surface area (Å²) in [4.78, 5) is 27.9. The van der Waals surface area contributed by atoms with E-state index in [1.807, 2.05) is 90.8 Å². The number of ether oxygens (including phenoxy) is 1. The fourth-order valence-corrected chi connectivity index (χ4v) is 4.43. The van der Waals surface area contributed by atoms with E-state index in [4.69, 9.17) is 4.74 Å². The maximum atomic E-state index is 13.1. The van der Waals surface area contributed by atoms with Crippen molar-refractivity contribution in [1.29, 1.82) is 0 Å². The molecule has 0 saturated carbocycles. The van der Waals surface area contributed by atoms with Crippen LogP contribution in [-0.2, 0) is 19.7 Å². The molecule has 1 aliphatic heterocycles. The zero-order valence-electron chi connectivity index (χ0n) is 18.6. The largest absolute Gasteiger partial charge is 0.457 e. The second-order valence-corrected chi connectivity index (χ2v) is 8.56. The van der Waals surface area contributed by atoms with E-state index < -0.39 is 11.9 Å². The van der Waals surface area contributed by atoms with Gasteiger partial charge in [0.05, 0.1) is 0 Å². The molecule has 4 rings (SSSR count). The van der Waals surface area contributed by atoms with Crippen molar-refractivity contribution in [2.75, 3.05) is 18.6 Å². The fraction of sp³-hybridized carbons (Fsp3) is 0.214. The molecule has 0 N–H and O–H groups in total. The summed E-state index contributed by atoms with van der Waals surface area (Å²) in [7, 11) is 1.96. The second kappa shape index (κ2) is 8.83. The normalized spacial score (nSPS) is 15.6. The van der Waals surface area contributed by atoms with Gasteiger partial charge in [-0.05, 0) is 22.8 Å². The summed E-state index contributed by atoms with van der Waals surface area (Å²) in [6, 6.07) is 27.1. The molecule has 0 bridgehead atoms. The van der Waals surface area contributed by atoms with Crippen LogP contribution in [0.3, 0.4) is 0 Å². The summed E-state index contributed by atoms with van der Waals surface area (Å²) in [5.41, 5.74) is 4.51. The lowest BCUT2D eigenvalue weighted by atomic mass is 9.83. The molecule has 0 fully saturated rings. The number of para-hydroxylation sites is 1. The molecule has 0 aliphatic carbocycles. The Morgan fingerprint density at radius 1 is 0.875 bits per heavy atom. The Morgan fingerprint density at radius 3 is 1.97 bits per heavy atom. The van der Waals surface area contributed by atoms with Crippen molar-refractivity contribution in [3.05, 3.63) is 113 Å². The van der Waals surface area contributed by atoms with E-state index in [0.29, 0.717) is 0 Å². The summed E-state index contributed by atoms with van der Waals surface area (Å²) < 4.78 is 5.51. The number of nitrogens with zero attached hydrogens (tertiary/aromatic N) is 1. The Hall–Kier alpha value is -3.66. The van der Waals surface area contributed by atoms with E-state index >= 15 is 0 Å². The number of carbonyl (C=O) groups is 2. The second-order valence-electron chi connectivity index (χ2n) is 8.56. The minimum Gasteiger partial charge on any atom is -0.457 e. The van der Waals surface area contributed by atoms with E-state index in [0.717, 1.165) is 22.5 Å².